The van der Waals surface area contributed by atoms with Crippen molar-refractivity contribution in [2.24, 2.45) is 0 Å². The van der Waals surface area contributed by atoms with Crippen LogP contribution < -0.4 is 10.6 Å². The van der Waals surface area contributed by atoms with E-state index in [2.05, 4.69) is 10.6 Å². The molecule has 1 saturated heterocycles. The van der Waals surface area contributed by atoms with Crippen molar-refractivity contribution in [3.8, 4) is 0 Å². The molecule has 2 rings (SSSR count). The fourth-order valence-corrected chi connectivity index (χ4v) is 2.36. The van der Waals surface area contributed by atoms with Crippen molar-refractivity contribution >= 4 is 5.91 Å². The zero-order chi connectivity index (χ0) is 15.6. The maximum atomic E-state index is 13.6. The number of hydrogen-bond acceptors (Lipinski definition) is 2. The number of piperidine rings is 1. The third-order valence-electron chi connectivity index (χ3n) is 3.62. The minimum atomic E-state index is -4.61. The zero-order valence-corrected chi connectivity index (χ0v) is 11.4. The molecule has 21 heavy (non-hydrogen) atoms. The van der Waals surface area contributed by atoms with Gasteiger partial charge in [-0.3, -0.25) is 4.79 Å². The van der Waals surface area contributed by atoms with Gasteiger partial charge in [0, 0.05) is 12.1 Å². The van der Waals surface area contributed by atoms with E-state index in [0.29, 0.717) is 24.6 Å². The van der Waals surface area contributed by atoms with E-state index in [9.17, 15) is 22.4 Å². The van der Waals surface area contributed by atoms with Gasteiger partial charge in [0.25, 0.3) is 5.91 Å². The molecule has 3 nitrogen and oxygen atoms in total. The molecular formula is C14H16F4N2O. The van der Waals surface area contributed by atoms with Gasteiger partial charge < -0.3 is 10.6 Å². The van der Waals surface area contributed by atoms with Crippen molar-refractivity contribution in [3.63, 3.8) is 0 Å². The molecule has 0 saturated carbocycles. The first-order chi connectivity index (χ1) is 9.79. The van der Waals surface area contributed by atoms with Crippen molar-refractivity contribution in [1.82, 2.24) is 10.6 Å². The highest BCUT2D eigenvalue weighted by molar-refractivity contribution is 5.95. The zero-order valence-electron chi connectivity index (χ0n) is 11.4. The first-order valence-corrected chi connectivity index (χ1v) is 6.70. The SMILES string of the molecule is C[C@@H]1NCCC[C@H]1NC(=O)c1cc(C(F)(F)F)ccc1F. The van der Waals surface area contributed by atoms with E-state index in [1.807, 2.05) is 6.92 Å². The number of rotatable bonds is 2. The Morgan fingerprint density at radius 1 is 1.38 bits per heavy atom. The van der Waals surface area contributed by atoms with Gasteiger partial charge in [0.05, 0.1) is 11.1 Å². The lowest BCUT2D eigenvalue weighted by Crippen LogP contribution is -2.52. The second-order valence-corrected chi connectivity index (χ2v) is 5.16. The van der Waals surface area contributed by atoms with Crippen LogP contribution in [0, 0.1) is 5.82 Å². The van der Waals surface area contributed by atoms with Crippen molar-refractivity contribution in [2.75, 3.05) is 6.54 Å². The number of amides is 1. The molecule has 0 aliphatic carbocycles. The van der Waals surface area contributed by atoms with Crippen LogP contribution in [0.25, 0.3) is 0 Å². The molecule has 0 bridgehead atoms. The predicted molar refractivity (Wildman–Crippen MR) is 69.4 cm³/mol. The van der Waals surface area contributed by atoms with E-state index in [0.717, 1.165) is 13.0 Å². The van der Waals surface area contributed by atoms with Gasteiger partial charge in [0.2, 0.25) is 0 Å². The van der Waals surface area contributed by atoms with Crippen LogP contribution in [-0.2, 0) is 6.18 Å². The minimum absolute atomic E-state index is 0.00319. The van der Waals surface area contributed by atoms with Gasteiger partial charge in [-0.05, 0) is 44.5 Å². The highest BCUT2D eigenvalue weighted by Crippen LogP contribution is 2.30. The maximum Gasteiger partial charge on any atom is 0.416 e. The van der Waals surface area contributed by atoms with Gasteiger partial charge in [-0.1, -0.05) is 0 Å². The largest absolute Gasteiger partial charge is 0.416 e. The second-order valence-electron chi connectivity index (χ2n) is 5.16. The molecule has 1 aromatic rings. The number of carbonyl (C=O) groups is 1. The van der Waals surface area contributed by atoms with Crippen molar-refractivity contribution in [3.05, 3.63) is 35.1 Å². The van der Waals surface area contributed by atoms with Crippen molar-refractivity contribution in [2.45, 2.75) is 38.0 Å². The molecule has 1 amide bonds. The molecular weight excluding hydrogens is 288 g/mol. The normalized spacial score (nSPS) is 22.9. The summed E-state index contributed by atoms with van der Waals surface area (Å²) in [5.74, 6) is -1.78. The van der Waals surface area contributed by atoms with Crippen LogP contribution >= 0.6 is 0 Å². The minimum Gasteiger partial charge on any atom is -0.348 e. The van der Waals surface area contributed by atoms with E-state index in [4.69, 9.17) is 0 Å². The first kappa shape index (κ1) is 15.8. The van der Waals surface area contributed by atoms with E-state index in [1.54, 1.807) is 0 Å². The third-order valence-corrected chi connectivity index (χ3v) is 3.62. The Labute approximate surface area is 119 Å². The Morgan fingerprint density at radius 2 is 2.10 bits per heavy atom. The highest BCUT2D eigenvalue weighted by atomic mass is 19.4. The molecule has 116 valence electrons. The summed E-state index contributed by atoms with van der Waals surface area (Å²) in [7, 11) is 0. The van der Waals surface area contributed by atoms with Crippen molar-refractivity contribution in [1.29, 1.82) is 0 Å². The average Bonchev–Trinajstić information content (AvgIpc) is 2.40. The quantitative estimate of drug-likeness (QED) is 0.825. The molecule has 0 spiro atoms. The molecule has 2 atom stereocenters. The standard InChI is InChI=1S/C14H16F4N2O/c1-8-12(3-2-6-19-8)20-13(21)10-7-9(14(16,17)18)4-5-11(10)15/h4-5,7-8,12,19H,2-3,6H2,1H3,(H,20,21)/t8-,12+/m0/s1. The number of hydrogen-bond donors (Lipinski definition) is 2. The summed E-state index contributed by atoms with van der Waals surface area (Å²) in [5, 5.41) is 5.75. The van der Waals surface area contributed by atoms with Crippen LogP contribution in [0.5, 0.6) is 0 Å². The molecule has 2 N–H and O–H groups in total. The van der Waals surface area contributed by atoms with Crippen LogP contribution in [0.3, 0.4) is 0 Å². The summed E-state index contributed by atoms with van der Waals surface area (Å²) in [5.41, 5.74) is -1.62. The summed E-state index contributed by atoms with van der Waals surface area (Å²) in [6, 6.07) is 1.61. The third kappa shape index (κ3) is 3.72. The molecule has 7 heteroatoms. The number of nitrogens with one attached hydrogen (secondary N) is 2. The summed E-state index contributed by atoms with van der Waals surface area (Å²) < 4.78 is 51.5. The van der Waals surface area contributed by atoms with Gasteiger partial charge in [-0.25, -0.2) is 4.39 Å². The molecule has 0 radical (unpaired) electrons. The molecule has 1 heterocycles. The van der Waals surface area contributed by atoms with Gasteiger partial charge in [-0.15, -0.1) is 0 Å². The first-order valence-electron chi connectivity index (χ1n) is 6.70. The lowest BCUT2D eigenvalue weighted by molar-refractivity contribution is -0.137. The predicted octanol–water partition coefficient (Wildman–Crippen LogP) is 2.71. The molecule has 1 fully saturated rings. The average molecular weight is 304 g/mol. The van der Waals surface area contributed by atoms with Crippen LogP contribution in [-0.4, -0.2) is 24.5 Å². The maximum absolute atomic E-state index is 13.6. The van der Waals surface area contributed by atoms with E-state index in [1.165, 1.54) is 0 Å². The second kappa shape index (κ2) is 6.01. The number of alkyl halides is 3. The van der Waals surface area contributed by atoms with Gasteiger partial charge in [0.15, 0.2) is 0 Å². The molecule has 1 aliphatic rings. The van der Waals surface area contributed by atoms with E-state index in [-0.39, 0.29) is 12.1 Å². The van der Waals surface area contributed by atoms with Gasteiger partial charge >= 0.3 is 6.18 Å². The lowest BCUT2D eigenvalue weighted by Gasteiger charge is -2.30. The highest BCUT2D eigenvalue weighted by Gasteiger charge is 2.32. The fourth-order valence-electron chi connectivity index (χ4n) is 2.36. The van der Waals surface area contributed by atoms with Crippen LogP contribution in [0.4, 0.5) is 17.6 Å². The van der Waals surface area contributed by atoms with Crippen LogP contribution in [0.2, 0.25) is 0 Å². The molecule has 1 aromatic carbocycles. The monoisotopic (exact) mass is 304 g/mol. The Balaban J connectivity index is 2.18. The van der Waals surface area contributed by atoms with E-state index < -0.39 is 29.0 Å². The molecule has 1 aliphatic heterocycles. The Morgan fingerprint density at radius 3 is 2.71 bits per heavy atom. The Kier molecular flexibility index (Phi) is 4.51. The van der Waals surface area contributed by atoms with Gasteiger partial charge in [0.1, 0.15) is 5.82 Å². The summed E-state index contributed by atoms with van der Waals surface area (Å²) in [4.78, 5) is 12.0. The molecule has 0 aromatic heterocycles. The summed E-state index contributed by atoms with van der Waals surface area (Å²) >= 11 is 0. The number of carbonyl (C=O) groups excluding carboxylic acids is 1. The Hall–Kier alpha value is -1.63. The fraction of sp³-hybridized carbons (Fsp3) is 0.500. The van der Waals surface area contributed by atoms with Crippen LogP contribution in [0.15, 0.2) is 18.2 Å². The topological polar surface area (TPSA) is 41.1 Å². The number of halogens is 4. The smallest absolute Gasteiger partial charge is 0.348 e. The molecule has 0 unspecified atom stereocenters. The lowest BCUT2D eigenvalue weighted by atomic mass is 9.99. The van der Waals surface area contributed by atoms with Crippen molar-refractivity contribution < 1.29 is 22.4 Å². The number of benzene rings is 1. The summed E-state index contributed by atoms with van der Waals surface area (Å²) in [6.07, 6.45) is -3.05. The summed E-state index contributed by atoms with van der Waals surface area (Å²) in [6.45, 7) is 2.69. The van der Waals surface area contributed by atoms with E-state index >= 15 is 0 Å². The van der Waals surface area contributed by atoms with Crippen LogP contribution in [0.1, 0.15) is 35.7 Å². The van der Waals surface area contributed by atoms with Gasteiger partial charge in [-0.2, -0.15) is 13.2 Å². The Bertz CT molecular complexity index is 530.